The molecule has 0 amide bonds. The summed E-state index contributed by atoms with van der Waals surface area (Å²) in [6, 6.07) is 0.783. The first-order chi connectivity index (χ1) is 7.74. The molecule has 1 aliphatic heterocycles. The molecule has 94 valence electrons. The summed E-state index contributed by atoms with van der Waals surface area (Å²) in [5.41, 5.74) is 0. The zero-order valence-corrected chi connectivity index (χ0v) is 11.0. The lowest BCUT2D eigenvalue weighted by atomic mass is 10.1. The quantitative estimate of drug-likeness (QED) is 0.715. The Morgan fingerprint density at radius 1 is 1.19 bits per heavy atom. The van der Waals surface area contributed by atoms with Crippen LogP contribution in [-0.4, -0.2) is 37.1 Å². The van der Waals surface area contributed by atoms with Crippen molar-refractivity contribution in [2.75, 3.05) is 26.2 Å². The zero-order valence-electron chi connectivity index (χ0n) is 11.0. The van der Waals surface area contributed by atoms with E-state index in [4.69, 9.17) is 0 Å². The van der Waals surface area contributed by atoms with Crippen molar-refractivity contribution in [3.05, 3.63) is 0 Å². The summed E-state index contributed by atoms with van der Waals surface area (Å²) < 4.78 is 0. The van der Waals surface area contributed by atoms with Gasteiger partial charge in [0.2, 0.25) is 0 Å². The molecule has 0 radical (unpaired) electrons. The van der Waals surface area contributed by atoms with Crippen LogP contribution < -0.4 is 5.32 Å². The van der Waals surface area contributed by atoms with E-state index < -0.39 is 0 Å². The molecule has 2 nitrogen and oxygen atoms in total. The third kappa shape index (κ3) is 4.42. The molecule has 2 rings (SSSR count). The molecule has 0 aromatic heterocycles. The average molecular weight is 224 g/mol. The van der Waals surface area contributed by atoms with Gasteiger partial charge < -0.3 is 10.2 Å². The Kier molecular flexibility index (Phi) is 4.66. The van der Waals surface area contributed by atoms with E-state index in [9.17, 15) is 0 Å². The van der Waals surface area contributed by atoms with Crippen molar-refractivity contribution in [2.24, 2.45) is 11.8 Å². The molecule has 0 aromatic carbocycles. The van der Waals surface area contributed by atoms with Crippen LogP contribution in [0.4, 0.5) is 0 Å². The molecule has 0 spiro atoms. The maximum atomic E-state index is 3.63. The first-order valence-corrected chi connectivity index (χ1v) is 7.20. The van der Waals surface area contributed by atoms with Gasteiger partial charge in [-0.05, 0) is 57.0 Å². The van der Waals surface area contributed by atoms with E-state index in [1.54, 1.807) is 0 Å². The number of nitrogens with zero attached hydrogens (tertiary/aromatic N) is 1. The van der Waals surface area contributed by atoms with Gasteiger partial charge in [-0.25, -0.2) is 0 Å². The van der Waals surface area contributed by atoms with Crippen molar-refractivity contribution in [3.8, 4) is 0 Å². The molecule has 1 heterocycles. The van der Waals surface area contributed by atoms with Crippen molar-refractivity contribution in [1.29, 1.82) is 0 Å². The second-order valence-corrected chi connectivity index (χ2v) is 6.18. The van der Waals surface area contributed by atoms with E-state index in [1.165, 1.54) is 58.3 Å². The first-order valence-electron chi connectivity index (χ1n) is 7.20. The van der Waals surface area contributed by atoms with Crippen LogP contribution in [0.15, 0.2) is 0 Å². The average Bonchev–Trinajstić information content (AvgIpc) is 2.90. The predicted molar refractivity (Wildman–Crippen MR) is 69.6 cm³/mol. The Balaban J connectivity index is 1.71. The third-order valence-electron chi connectivity index (χ3n) is 3.88. The SMILES string of the molecule is CC(C)CCN(CC1CC1)CC1CCCN1. The molecule has 1 aliphatic carbocycles. The molecular formula is C14H28N2. The lowest BCUT2D eigenvalue weighted by Gasteiger charge is -2.26. The van der Waals surface area contributed by atoms with Crippen LogP contribution in [-0.2, 0) is 0 Å². The van der Waals surface area contributed by atoms with Crippen LogP contribution in [0.2, 0.25) is 0 Å². The third-order valence-corrected chi connectivity index (χ3v) is 3.88. The number of hydrogen-bond donors (Lipinski definition) is 1. The maximum Gasteiger partial charge on any atom is 0.0195 e. The molecule has 2 heteroatoms. The number of rotatable bonds is 7. The van der Waals surface area contributed by atoms with Gasteiger partial charge in [0.15, 0.2) is 0 Å². The van der Waals surface area contributed by atoms with Gasteiger partial charge in [-0.15, -0.1) is 0 Å². The summed E-state index contributed by atoms with van der Waals surface area (Å²) in [6.07, 6.45) is 7.10. The van der Waals surface area contributed by atoms with Crippen LogP contribution in [0.3, 0.4) is 0 Å². The van der Waals surface area contributed by atoms with Crippen LogP contribution in [0.25, 0.3) is 0 Å². The van der Waals surface area contributed by atoms with Gasteiger partial charge in [0.05, 0.1) is 0 Å². The highest BCUT2D eigenvalue weighted by Gasteiger charge is 2.26. The fourth-order valence-electron chi connectivity index (χ4n) is 2.59. The fraction of sp³-hybridized carbons (Fsp3) is 1.00. The van der Waals surface area contributed by atoms with Crippen molar-refractivity contribution >= 4 is 0 Å². The van der Waals surface area contributed by atoms with E-state index in [1.807, 2.05) is 0 Å². The molecule has 1 atom stereocenters. The van der Waals surface area contributed by atoms with E-state index in [2.05, 4.69) is 24.1 Å². The second-order valence-electron chi connectivity index (χ2n) is 6.18. The van der Waals surface area contributed by atoms with Gasteiger partial charge in [-0.2, -0.15) is 0 Å². The summed E-state index contributed by atoms with van der Waals surface area (Å²) in [4.78, 5) is 2.72. The zero-order chi connectivity index (χ0) is 11.4. The predicted octanol–water partition coefficient (Wildman–Crippen LogP) is 2.50. The minimum atomic E-state index is 0.783. The molecule has 0 aromatic rings. The molecule has 16 heavy (non-hydrogen) atoms. The van der Waals surface area contributed by atoms with Gasteiger partial charge in [-0.1, -0.05) is 13.8 Å². The summed E-state index contributed by atoms with van der Waals surface area (Å²) in [5.74, 6) is 1.88. The lowest BCUT2D eigenvalue weighted by molar-refractivity contribution is 0.227. The molecule has 2 fully saturated rings. The number of nitrogens with one attached hydrogen (secondary N) is 1. The van der Waals surface area contributed by atoms with Gasteiger partial charge >= 0.3 is 0 Å². The minimum absolute atomic E-state index is 0.783. The lowest BCUT2D eigenvalue weighted by Crippen LogP contribution is -2.39. The van der Waals surface area contributed by atoms with E-state index in [-0.39, 0.29) is 0 Å². The van der Waals surface area contributed by atoms with Crippen molar-refractivity contribution in [1.82, 2.24) is 10.2 Å². The van der Waals surface area contributed by atoms with E-state index >= 15 is 0 Å². The number of hydrogen-bond acceptors (Lipinski definition) is 2. The highest BCUT2D eigenvalue weighted by atomic mass is 15.2. The van der Waals surface area contributed by atoms with Crippen LogP contribution in [0.1, 0.15) is 46.0 Å². The molecule has 1 unspecified atom stereocenters. The first kappa shape index (κ1) is 12.4. The Hall–Kier alpha value is -0.0800. The van der Waals surface area contributed by atoms with E-state index in [0.29, 0.717) is 0 Å². The topological polar surface area (TPSA) is 15.3 Å². The molecule has 1 N–H and O–H groups in total. The van der Waals surface area contributed by atoms with Gasteiger partial charge in [0, 0.05) is 19.1 Å². The Bertz CT molecular complexity index is 193. The standard InChI is InChI=1S/C14H28N2/c1-12(2)7-9-16(10-13-5-6-13)11-14-4-3-8-15-14/h12-15H,3-11H2,1-2H3. The van der Waals surface area contributed by atoms with Crippen LogP contribution in [0.5, 0.6) is 0 Å². The van der Waals surface area contributed by atoms with Gasteiger partial charge in [0.25, 0.3) is 0 Å². The summed E-state index contributed by atoms with van der Waals surface area (Å²) >= 11 is 0. The Morgan fingerprint density at radius 3 is 2.56 bits per heavy atom. The summed E-state index contributed by atoms with van der Waals surface area (Å²) in [7, 11) is 0. The summed E-state index contributed by atoms with van der Waals surface area (Å²) in [6.45, 7) is 9.89. The smallest absolute Gasteiger partial charge is 0.0195 e. The molecule has 1 saturated carbocycles. The Morgan fingerprint density at radius 2 is 2.00 bits per heavy atom. The molecule has 1 saturated heterocycles. The highest BCUT2D eigenvalue weighted by Crippen LogP contribution is 2.30. The van der Waals surface area contributed by atoms with E-state index in [0.717, 1.165) is 17.9 Å². The van der Waals surface area contributed by atoms with Crippen LogP contribution >= 0.6 is 0 Å². The largest absolute Gasteiger partial charge is 0.313 e. The molecule has 0 bridgehead atoms. The van der Waals surface area contributed by atoms with Crippen LogP contribution in [0, 0.1) is 11.8 Å². The second kappa shape index (κ2) is 6.02. The molecular weight excluding hydrogens is 196 g/mol. The minimum Gasteiger partial charge on any atom is -0.313 e. The Labute approximate surface area is 101 Å². The van der Waals surface area contributed by atoms with Crippen molar-refractivity contribution in [2.45, 2.75) is 52.0 Å². The normalized spacial score (nSPS) is 25.9. The van der Waals surface area contributed by atoms with Crippen molar-refractivity contribution in [3.63, 3.8) is 0 Å². The maximum absolute atomic E-state index is 3.63. The van der Waals surface area contributed by atoms with Crippen molar-refractivity contribution < 1.29 is 0 Å². The summed E-state index contributed by atoms with van der Waals surface area (Å²) in [5, 5.41) is 3.63. The highest BCUT2D eigenvalue weighted by molar-refractivity contribution is 4.82. The van der Waals surface area contributed by atoms with Gasteiger partial charge in [0.1, 0.15) is 0 Å². The fourth-order valence-corrected chi connectivity index (χ4v) is 2.59. The van der Waals surface area contributed by atoms with Gasteiger partial charge in [-0.3, -0.25) is 0 Å². The molecule has 2 aliphatic rings. The monoisotopic (exact) mass is 224 g/mol.